The standard InChI is InChI=1S/C22H21N5/c1-22(2,3)15-10-11-16-17(14-15)21(26-19-9-5-7-13-24-19)27-20(16)25-18-8-4-6-12-23-18/h4-14H,1-3H3,(H,23,24,25,26,27). The van der Waals surface area contributed by atoms with E-state index in [-0.39, 0.29) is 5.41 Å². The smallest absolute Gasteiger partial charge is 0.164 e. The van der Waals surface area contributed by atoms with E-state index in [0.717, 1.165) is 22.8 Å². The van der Waals surface area contributed by atoms with Crippen LogP contribution in [0.3, 0.4) is 0 Å². The average Bonchev–Trinajstić information content (AvgIpc) is 2.99. The molecule has 134 valence electrons. The van der Waals surface area contributed by atoms with Crippen LogP contribution in [0.4, 0.5) is 11.6 Å². The van der Waals surface area contributed by atoms with Gasteiger partial charge in [0, 0.05) is 23.5 Å². The van der Waals surface area contributed by atoms with Crippen molar-refractivity contribution in [2.24, 2.45) is 9.98 Å². The van der Waals surface area contributed by atoms with Crippen molar-refractivity contribution in [3.8, 4) is 0 Å². The van der Waals surface area contributed by atoms with E-state index in [1.165, 1.54) is 5.56 Å². The van der Waals surface area contributed by atoms with Crippen LogP contribution in [-0.4, -0.2) is 21.6 Å². The molecule has 0 atom stereocenters. The molecule has 1 aliphatic heterocycles. The van der Waals surface area contributed by atoms with Gasteiger partial charge in [-0.25, -0.2) is 20.0 Å². The van der Waals surface area contributed by atoms with Gasteiger partial charge < -0.3 is 5.32 Å². The Balaban J connectivity index is 1.80. The number of aromatic nitrogens is 2. The van der Waals surface area contributed by atoms with Crippen LogP contribution in [0, 0.1) is 0 Å². The van der Waals surface area contributed by atoms with Gasteiger partial charge in [0.25, 0.3) is 0 Å². The first-order valence-corrected chi connectivity index (χ1v) is 8.92. The molecule has 3 heterocycles. The zero-order valence-electron chi connectivity index (χ0n) is 15.6. The zero-order valence-corrected chi connectivity index (χ0v) is 15.6. The first kappa shape index (κ1) is 17.1. The minimum atomic E-state index is 0.0440. The highest BCUT2D eigenvalue weighted by Crippen LogP contribution is 2.29. The molecule has 1 aliphatic rings. The van der Waals surface area contributed by atoms with Crippen molar-refractivity contribution in [1.82, 2.24) is 9.97 Å². The topological polar surface area (TPSA) is 62.5 Å². The van der Waals surface area contributed by atoms with Gasteiger partial charge >= 0.3 is 0 Å². The summed E-state index contributed by atoms with van der Waals surface area (Å²) in [6, 6.07) is 17.8. The van der Waals surface area contributed by atoms with Crippen molar-refractivity contribution in [1.29, 1.82) is 0 Å². The molecule has 27 heavy (non-hydrogen) atoms. The molecule has 1 aromatic carbocycles. The summed E-state index contributed by atoms with van der Waals surface area (Å²) in [5.74, 6) is 2.80. The number of rotatable bonds is 2. The van der Waals surface area contributed by atoms with Crippen LogP contribution in [0.5, 0.6) is 0 Å². The predicted octanol–water partition coefficient (Wildman–Crippen LogP) is 4.72. The molecular formula is C22H21N5. The maximum absolute atomic E-state index is 4.75. The van der Waals surface area contributed by atoms with Crippen molar-refractivity contribution in [2.75, 3.05) is 5.32 Å². The van der Waals surface area contributed by atoms with Crippen molar-refractivity contribution < 1.29 is 0 Å². The molecule has 5 nitrogen and oxygen atoms in total. The highest BCUT2D eigenvalue weighted by molar-refractivity contribution is 6.26. The third kappa shape index (κ3) is 3.62. The number of aliphatic imine (C=N–C) groups is 2. The Morgan fingerprint density at radius 3 is 2.30 bits per heavy atom. The van der Waals surface area contributed by atoms with Gasteiger partial charge in [-0.15, -0.1) is 0 Å². The molecular weight excluding hydrogens is 334 g/mol. The Morgan fingerprint density at radius 2 is 1.63 bits per heavy atom. The Bertz CT molecular complexity index is 1020. The van der Waals surface area contributed by atoms with Gasteiger partial charge in [0.15, 0.2) is 11.7 Å². The van der Waals surface area contributed by atoms with Crippen LogP contribution < -0.4 is 5.32 Å². The molecule has 0 bridgehead atoms. The lowest BCUT2D eigenvalue weighted by Gasteiger charge is -2.20. The van der Waals surface area contributed by atoms with E-state index in [4.69, 9.17) is 4.99 Å². The lowest BCUT2D eigenvalue weighted by molar-refractivity contribution is 0.590. The van der Waals surface area contributed by atoms with Gasteiger partial charge in [-0.2, -0.15) is 0 Å². The van der Waals surface area contributed by atoms with Crippen LogP contribution in [0.25, 0.3) is 0 Å². The SMILES string of the molecule is CC(C)(C)c1ccc2c(c1)C(=Nc1ccccn1)N=C2Nc1ccccn1. The summed E-state index contributed by atoms with van der Waals surface area (Å²) in [4.78, 5) is 18.1. The van der Waals surface area contributed by atoms with E-state index in [0.29, 0.717) is 11.7 Å². The van der Waals surface area contributed by atoms with Crippen molar-refractivity contribution in [2.45, 2.75) is 26.2 Å². The quantitative estimate of drug-likeness (QED) is 0.723. The van der Waals surface area contributed by atoms with Gasteiger partial charge in [0.2, 0.25) is 0 Å². The number of nitrogens with one attached hydrogen (secondary N) is 1. The summed E-state index contributed by atoms with van der Waals surface area (Å²) in [6.45, 7) is 6.60. The van der Waals surface area contributed by atoms with E-state index in [9.17, 15) is 0 Å². The number of hydrogen-bond acceptors (Lipinski definition) is 4. The van der Waals surface area contributed by atoms with Gasteiger partial charge in [-0.05, 0) is 41.3 Å². The molecule has 0 radical (unpaired) electrons. The van der Waals surface area contributed by atoms with Crippen LogP contribution in [0.2, 0.25) is 0 Å². The fourth-order valence-corrected chi connectivity index (χ4v) is 2.90. The fraction of sp³-hybridized carbons (Fsp3) is 0.182. The normalized spacial score (nSPS) is 14.8. The second-order valence-corrected chi connectivity index (χ2v) is 7.43. The Hall–Kier alpha value is -3.34. The van der Waals surface area contributed by atoms with Crippen LogP contribution in [0.1, 0.15) is 37.5 Å². The maximum Gasteiger partial charge on any atom is 0.164 e. The first-order valence-electron chi connectivity index (χ1n) is 8.92. The highest BCUT2D eigenvalue weighted by Gasteiger charge is 2.25. The molecule has 0 spiro atoms. The van der Waals surface area contributed by atoms with Crippen molar-refractivity contribution in [3.63, 3.8) is 0 Å². The number of nitrogens with zero attached hydrogens (tertiary/aromatic N) is 4. The van der Waals surface area contributed by atoms with Gasteiger partial charge in [-0.1, -0.05) is 45.0 Å². The Morgan fingerprint density at radius 1 is 0.852 bits per heavy atom. The third-order valence-electron chi connectivity index (χ3n) is 4.38. The van der Waals surface area contributed by atoms with Gasteiger partial charge in [-0.3, -0.25) is 0 Å². The lowest BCUT2D eigenvalue weighted by Crippen LogP contribution is -2.15. The molecule has 2 aromatic heterocycles. The Labute approximate surface area is 159 Å². The number of hydrogen-bond donors (Lipinski definition) is 1. The van der Waals surface area contributed by atoms with Crippen molar-refractivity contribution >= 4 is 23.3 Å². The summed E-state index contributed by atoms with van der Waals surface area (Å²) >= 11 is 0. The molecule has 0 amide bonds. The minimum Gasteiger partial charge on any atom is -0.324 e. The molecule has 4 rings (SSSR count). The lowest BCUT2D eigenvalue weighted by atomic mass is 9.85. The molecule has 0 saturated heterocycles. The van der Waals surface area contributed by atoms with Gasteiger partial charge in [0.05, 0.1) is 0 Å². The van der Waals surface area contributed by atoms with E-state index >= 15 is 0 Å². The molecule has 0 unspecified atom stereocenters. The highest BCUT2D eigenvalue weighted by atomic mass is 15.1. The Kier molecular flexibility index (Phi) is 4.28. The summed E-state index contributed by atoms with van der Waals surface area (Å²) in [5.41, 5.74) is 3.31. The van der Waals surface area contributed by atoms with E-state index < -0.39 is 0 Å². The fourth-order valence-electron chi connectivity index (χ4n) is 2.90. The summed E-state index contributed by atoms with van der Waals surface area (Å²) in [7, 11) is 0. The molecule has 1 N–H and O–H groups in total. The minimum absolute atomic E-state index is 0.0440. The van der Waals surface area contributed by atoms with Crippen LogP contribution in [0.15, 0.2) is 77.0 Å². The zero-order chi connectivity index (χ0) is 18.9. The number of pyridine rings is 2. The molecule has 0 saturated carbocycles. The second-order valence-electron chi connectivity index (χ2n) is 7.43. The second kappa shape index (κ2) is 6.76. The van der Waals surface area contributed by atoms with E-state index in [2.05, 4.69) is 59.2 Å². The summed E-state index contributed by atoms with van der Waals surface area (Å²) in [6.07, 6.45) is 3.49. The molecule has 5 heteroatoms. The monoisotopic (exact) mass is 355 g/mol. The van der Waals surface area contributed by atoms with Crippen LogP contribution >= 0.6 is 0 Å². The predicted molar refractivity (Wildman–Crippen MR) is 110 cm³/mol. The summed E-state index contributed by atoms with van der Waals surface area (Å²) < 4.78 is 0. The van der Waals surface area contributed by atoms with E-state index in [1.54, 1.807) is 12.4 Å². The van der Waals surface area contributed by atoms with E-state index in [1.807, 2.05) is 36.4 Å². The molecule has 0 fully saturated rings. The summed E-state index contributed by atoms with van der Waals surface area (Å²) in [5, 5.41) is 3.31. The number of fused-ring (bicyclic) bond motifs is 1. The number of anilines is 1. The molecule has 3 aromatic rings. The number of amidine groups is 2. The largest absolute Gasteiger partial charge is 0.324 e. The van der Waals surface area contributed by atoms with Gasteiger partial charge in [0.1, 0.15) is 11.7 Å². The third-order valence-corrected chi connectivity index (χ3v) is 4.38. The molecule has 0 aliphatic carbocycles. The number of benzene rings is 1. The average molecular weight is 355 g/mol. The first-order chi connectivity index (χ1) is 13.0. The van der Waals surface area contributed by atoms with Crippen molar-refractivity contribution in [3.05, 3.63) is 83.7 Å². The maximum atomic E-state index is 4.75. The van der Waals surface area contributed by atoms with Crippen LogP contribution in [-0.2, 0) is 5.41 Å².